The molecule has 0 bridgehead atoms. The fraction of sp³-hybridized carbons (Fsp3) is 0.611. The van der Waals surface area contributed by atoms with E-state index in [9.17, 15) is 4.79 Å². The minimum Gasteiger partial charge on any atom is -0.356 e. The number of rotatable bonds is 6. The maximum atomic E-state index is 12.3. The third-order valence-electron chi connectivity index (χ3n) is 4.25. The number of likely N-dealkylation sites (tertiary alicyclic amines) is 1. The predicted molar refractivity (Wildman–Crippen MR) is 91.9 cm³/mol. The van der Waals surface area contributed by atoms with Gasteiger partial charge in [-0.2, -0.15) is 0 Å². The second kappa shape index (κ2) is 8.54. The molecule has 1 atom stereocenters. The van der Waals surface area contributed by atoms with Crippen LogP contribution in [0.25, 0.3) is 0 Å². The Kier molecular flexibility index (Phi) is 6.71. The van der Waals surface area contributed by atoms with Gasteiger partial charge in [0.25, 0.3) is 0 Å². The zero-order valence-corrected chi connectivity index (χ0v) is 14.4. The average molecular weight is 323 g/mol. The highest BCUT2D eigenvalue weighted by molar-refractivity contribution is 6.31. The number of amides is 1. The molecule has 22 heavy (non-hydrogen) atoms. The van der Waals surface area contributed by atoms with Gasteiger partial charge in [0.15, 0.2) is 0 Å². The molecular formula is C18H27ClN2O. The Hall–Kier alpha value is -1.06. The van der Waals surface area contributed by atoms with E-state index in [0.717, 1.165) is 56.0 Å². The van der Waals surface area contributed by atoms with Crippen LogP contribution >= 0.6 is 11.6 Å². The molecule has 1 aromatic rings. The summed E-state index contributed by atoms with van der Waals surface area (Å²) in [6, 6.07) is 7.96. The van der Waals surface area contributed by atoms with E-state index >= 15 is 0 Å². The van der Waals surface area contributed by atoms with E-state index in [1.54, 1.807) is 0 Å². The van der Waals surface area contributed by atoms with Gasteiger partial charge in [0.05, 0.1) is 5.92 Å². The standard InChI is InChI=1S/C18H27ClN2O/c1-14(2)9-10-20-18(22)16-7-5-11-21(13-16)12-15-6-3-4-8-17(15)19/h3-4,6,8,14,16H,5,7,9-13H2,1-2H3,(H,20,22). The summed E-state index contributed by atoms with van der Waals surface area (Å²) in [6.45, 7) is 7.85. The monoisotopic (exact) mass is 322 g/mol. The van der Waals surface area contributed by atoms with E-state index in [1.807, 2.05) is 18.2 Å². The molecule has 0 aromatic heterocycles. The van der Waals surface area contributed by atoms with Crippen LogP contribution in [-0.4, -0.2) is 30.4 Å². The summed E-state index contributed by atoms with van der Waals surface area (Å²) >= 11 is 6.23. The molecule has 3 nitrogen and oxygen atoms in total. The van der Waals surface area contributed by atoms with Gasteiger partial charge in [0, 0.05) is 24.7 Å². The number of nitrogens with one attached hydrogen (secondary N) is 1. The van der Waals surface area contributed by atoms with Gasteiger partial charge in [-0.1, -0.05) is 43.6 Å². The number of halogens is 1. The molecule has 1 unspecified atom stereocenters. The van der Waals surface area contributed by atoms with E-state index in [4.69, 9.17) is 11.6 Å². The topological polar surface area (TPSA) is 32.3 Å². The molecule has 0 radical (unpaired) electrons. The van der Waals surface area contributed by atoms with Crippen molar-refractivity contribution in [3.8, 4) is 0 Å². The van der Waals surface area contributed by atoms with Gasteiger partial charge in [-0.25, -0.2) is 0 Å². The van der Waals surface area contributed by atoms with Crippen molar-refractivity contribution in [2.45, 2.75) is 39.7 Å². The molecule has 1 N–H and O–H groups in total. The van der Waals surface area contributed by atoms with Crippen molar-refractivity contribution in [1.29, 1.82) is 0 Å². The largest absolute Gasteiger partial charge is 0.356 e. The molecule has 1 aromatic carbocycles. The van der Waals surface area contributed by atoms with E-state index in [1.165, 1.54) is 0 Å². The lowest BCUT2D eigenvalue weighted by molar-refractivity contribution is -0.126. The number of hydrogen-bond donors (Lipinski definition) is 1. The van der Waals surface area contributed by atoms with E-state index in [-0.39, 0.29) is 11.8 Å². The summed E-state index contributed by atoms with van der Waals surface area (Å²) in [7, 11) is 0. The van der Waals surface area contributed by atoms with Crippen LogP contribution in [0.2, 0.25) is 5.02 Å². The summed E-state index contributed by atoms with van der Waals surface area (Å²) in [4.78, 5) is 14.6. The molecule has 2 rings (SSSR count). The quantitative estimate of drug-likeness (QED) is 0.865. The third kappa shape index (κ3) is 5.29. The number of carbonyl (C=O) groups is 1. The van der Waals surface area contributed by atoms with Crippen molar-refractivity contribution in [1.82, 2.24) is 10.2 Å². The van der Waals surface area contributed by atoms with Crippen LogP contribution < -0.4 is 5.32 Å². The molecule has 0 aliphatic carbocycles. The normalized spacial score (nSPS) is 19.4. The minimum atomic E-state index is 0.114. The van der Waals surface area contributed by atoms with E-state index in [2.05, 4.69) is 30.1 Å². The van der Waals surface area contributed by atoms with Crippen molar-refractivity contribution in [3.63, 3.8) is 0 Å². The van der Waals surface area contributed by atoms with Gasteiger partial charge in [-0.05, 0) is 43.4 Å². The van der Waals surface area contributed by atoms with Crippen LogP contribution in [0, 0.1) is 11.8 Å². The number of carbonyl (C=O) groups excluding carboxylic acids is 1. The van der Waals surface area contributed by atoms with Crippen LogP contribution in [0.4, 0.5) is 0 Å². The number of hydrogen-bond acceptors (Lipinski definition) is 2. The number of benzene rings is 1. The van der Waals surface area contributed by atoms with E-state index < -0.39 is 0 Å². The Morgan fingerprint density at radius 2 is 2.18 bits per heavy atom. The van der Waals surface area contributed by atoms with Gasteiger partial charge in [0.1, 0.15) is 0 Å². The summed E-state index contributed by atoms with van der Waals surface area (Å²) in [6.07, 6.45) is 3.11. The molecular weight excluding hydrogens is 296 g/mol. The maximum absolute atomic E-state index is 12.3. The van der Waals surface area contributed by atoms with Crippen LogP contribution in [0.3, 0.4) is 0 Å². The number of piperidine rings is 1. The Bertz CT molecular complexity index is 490. The molecule has 0 saturated carbocycles. The molecule has 1 aliphatic heterocycles. The lowest BCUT2D eigenvalue weighted by Gasteiger charge is -2.32. The first kappa shape index (κ1) is 17.3. The Labute approximate surface area is 139 Å². The molecule has 1 aliphatic rings. The van der Waals surface area contributed by atoms with Gasteiger partial charge < -0.3 is 5.32 Å². The van der Waals surface area contributed by atoms with Crippen LogP contribution in [0.5, 0.6) is 0 Å². The fourth-order valence-corrected chi connectivity index (χ4v) is 3.10. The molecule has 1 amide bonds. The SMILES string of the molecule is CC(C)CCNC(=O)C1CCCN(Cc2ccccc2Cl)C1. The first-order valence-electron chi connectivity index (χ1n) is 8.29. The van der Waals surface area contributed by atoms with Gasteiger partial charge in [0.2, 0.25) is 5.91 Å². The van der Waals surface area contributed by atoms with Crippen LogP contribution in [0.1, 0.15) is 38.7 Å². The maximum Gasteiger partial charge on any atom is 0.224 e. The van der Waals surface area contributed by atoms with Crippen molar-refractivity contribution >= 4 is 17.5 Å². The van der Waals surface area contributed by atoms with E-state index in [0.29, 0.717) is 5.92 Å². The average Bonchev–Trinajstić information content (AvgIpc) is 2.49. The van der Waals surface area contributed by atoms with Crippen molar-refractivity contribution in [3.05, 3.63) is 34.9 Å². The highest BCUT2D eigenvalue weighted by Crippen LogP contribution is 2.22. The second-order valence-electron chi connectivity index (χ2n) is 6.64. The zero-order valence-electron chi connectivity index (χ0n) is 13.6. The minimum absolute atomic E-state index is 0.114. The second-order valence-corrected chi connectivity index (χ2v) is 7.05. The fourth-order valence-electron chi connectivity index (χ4n) is 2.91. The molecule has 122 valence electrons. The lowest BCUT2D eigenvalue weighted by Crippen LogP contribution is -2.43. The Morgan fingerprint density at radius 1 is 1.41 bits per heavy atom. The molecule has 1 saturated heterocycles. The number of nitrogens with zero attached hydrogens (tertiary/aromatic N) is 1. The Morgan fingerprint density at radius 3 is 2.91 bits per heavy atom. The van der Waals surface area contributed by atoms with Gasteiger partial charge >= 0.3 is 0 Å². The summed E-state index contributed by atoms with van der Waals surface area (Å²) in [5, 5.41) is 3.90. The van der Waals surface area contributed by atoms with Gasteiger partial charge in [-0.3, -0.25) is 9.69 Å². The molecule has 1 fully saturated rings. The lowest BCUT2D eigenvalue weighted by atomic mass is 9.96. The van der Waals surface area contributed by atoms with Crippen LogP contribution in [0.15, 0.2) is 24.3 Å². The van der Waals surface area contributed by atoms with Crippen LogP contribution in [-0.2, 0) is 11.3 Å². The highest BCUT2D eigenvalue weighted by atomic mass is 35.5. The van der Waals surface area contributed by atoms with Crippen molar-refractivity contribution in [2.75, 3.05) is 19.6 Å². The third-order valence-corrected chi connectivity index (χ3v) is 4.62. The first-order chi connectivity index (χ1) is 10.6. The summed E-state index contributed by atoms with van der Waals surface area (Å²) < 4.78 is 0. The summed E-state index contributed by atoms with van der Waals surface area (Å²) in [5.74, 6) is 0.955. The van der Waals surface area contributed by atoms with Crippen molar-refractivity contribution < 1.29 is 4.79 Å². The Balaban J connectivity index is 1.83. The first-order valence-corrected chi connectivity index (χ1v) is 8.67. The molecule has 4 heteroatoms. The molecule has 0 spiro atoms. The smallest absolute Gasteiger partial charge is 0.224 e. The summed E-state index contributed by atoms with van der Waals surface area (Å²) in [5.41, 5.74) is 1.14. The van der Waals surface area contributed by atoms with Crippen molar-refractivity contribution in [2.24, 2.45) is 11.8 Å². The molecule has 1 heterocycles. The highest BCUT2D eigenvalue weighted by Gasteiger charge is 2.25. The van der Waals surface area contributed by atoms with Gasteiger partial charge in [-0.15, -0.1) is 0 Å². The predicted octanol–water partition coefficient (Wildman–Crippen LogP) is 3.71. The zero-order chi connectivity index (χ0) is 15.9.